The lowest BCUT2D eigenvalue weighted by Crippen LogP contribution is -2.42. The van der Waals surface area contributed by atoms with Crippen molar-refractivity contribution in [1.29, 1.82) is 0 Å². The van der Waals surface area contributed by atoms with Gasteiger partial charge >= 0.3 is 0 Å². The standard InChI is InChI=1S/C13H27NO2S/c1-13(2,3)9-4-5-11(14)12(6-9)17-8-10(16)7-15/h9-12,15-16H,4-8,14H2,1-3H3. The molecule has 0 aromatic rings. The first-order chi connectivity index (χ1) is 7.84. The van der Waals surface area contributed by atoms with Gasteiger partial charge in [-0.05, 0) is 30.6 Å². The topological polar surface area (TPSA) is 66.5 Å². The summed E-state index contributed by atoms with van der Waals surface area (Å²) in [4.78, 5) is 0. The molecule has 17 heavy (non-hydrogen) atoms. The van der Waals surface area contributed by atoms with E-state index in [-0.39, 0.29) is 12.6 Å². The molecule has 0 aromatic carbocycles. The average Bonchev–Trinajstić information content (AvgIpc) is 2.26. The SMILES string of the molecule is CC(C)(C)C1CCC(N)C(SCC(O)CO)C1. The summed E-state index contributed by atoms with van der Waals surface area (Å²) in [6, 6.07) is 0.240. The molecule has 4 atom stereocenters. The van der Waals surface area contributed by atoms with Crippen LogP contribution in [0.15, 0.2) is 0 Å². The van der Waals surface area contributed by atoms with Crippen molar-refractivity contribution in [3.63, 3.8) is 0 Å². The smallest absolute Gasteiger partial charge is 0.0861 e. The molecule has 0 saturated heterocycles. The molecule has 0 radical (unpaired) electrons. The van der Waals surface area contributed by atoms with Gasteiger partial charge in [0.05, 0.1) is 12.7 Å². The highest BCUT2D eigenvalue weighted by atomic mass is 32.2. The number of thioether (sulfide) groups is 1. The van der Waals surface area contributed by atoms with Crippen LogP contribution >= 0.6 is 11.8 Å². The first kappa shape index (κ1) is 15.3. The van der Waals surface area contributed by atoms with Gasteiger partial charge in [0.1, 0.15) is 0 Å². The van der Waals surface area contributed by atoms with Gasteiger partial charge in [0, 0.05) is 17.0 Å². The van der Waals surface area contributed by atoms with Gasteiger partial charge in [0.25, 0.3) is 0 Å². The van der Waals surface area contributed by atoms with Crippen LogP contribution in [-0.2, 0) is 0 Å². The van der Waals surface area contributed by atoms with Gasteiger partial charge < -0.3 is 15.9 Å². The van der Waals surface area contributed by atoms with Crippen LogP contribution in [0.25, 0.3) is 0 Å². The highest BCUT2D eigenvalue weighted by Gasteiger charge is 2.34. The maximum atomic E-state index is 9.39. The second-order valence-corrected chi connectivity index (χ2v) is 7.52. The molecule has 4 unspecified atom stereocenters. The number of aliphatic hydroxyl groups excluding tert-OH is 2. The zero-order chi connectivity index (χ0) is 13.1. The van der Waals surface area contributed by atoms with E-state index in [1.807, 2.05) is 0 Å². The van der Waals surface area contributed by atoms with E-state index < -0.39 is 6.10 Å². The molecule has 0 heterocycles. The van der Waals surface area contributed by atoms with Crippen molar-refractivity contribution in [2.24, 2.45) is 17.1 Å². The minimum atomic E-state index is -0.609. The van der Waals surface area contributed by atoms with Crippen molar-refractivity contribution in [3.8, 4) is 0 Å². The van der Waals surface area contributed by atoms with Crippen molar-refractivity contribution in [1.82, 2.24) is 0 Å². The highest BCUT2D eigenvalue weighted by Crippen LogP contribution is 2.41. The van der Waals surface area contributed by atoms with Crippen LogP contribution in [0.3, 0.4) is 0 Å². The lowest BCUT2D eigenvalue weighted by Gasteiger charge is -2.40. The van der Waals surface area contributed by atoms with E-state index in [2.05, 4.69) is 20.8 Å². The quantitative estimate of drug-likeness (QED) is 0.719. The molecule has 1 aliphatic carbocycles. The van der Waals surface area contributed by atoms with E-state index in [1.165, 1.54) is 6.42 Å². The number of hydrogen-bond donors (Lipinski definition) is 3. The van der Waals surface area contributed by atoms with E-state index in [0.717, 1.165) is 12.8 Å². The van der Waals surface area contributed by atoms with E-state index in [4.69, 9.17) is 10.8 Å². The molecule has 0 aromatic heterocycles. The van der Waals surface area contributed by atoms with Crippen molar-refractivity contribution < 1.29 is 10.2 Å². The zero-order valence-corrected chi connectivity index (χ0v) is 12.0. The molecular formula is C13H27NO2S. The fraction of sp³-hybridized carbons (Fsp3) is 1.00. The Morgan fingerprint density at radius 1 is 1.35 bits per heavy atom. The summed E-state index contributed by atoms with van der Waals surface area (Å²) in [6.07, 6.45) is 2.81. The van der Waals surface area contributed by atoms with Crippen molar-refractivity contribution in [3.05, 3.63) is 0 Å². The maximum Gasteiger partial charge on any atom is 0.0861 e. The first-order valence-electron chi connectivity index (χ1n) is 6.50. The Morgan fingerprint density at radius 3 is 2.53 bits per heavy atom. The Balaban J connectivity index is 2.46. The Hall–Kier alpha value is 0.230. The predicted molar refractivity (Wildman–Crippen MR) is 74.1 cm³/mol. The largest absolute Gasteiger partial charge is 0.394 e. The number of hydrogen-bond acceptors (Lipinski definition) is 4. The summed E-state index contributed by atoms with van der Waals surface area (Å²) < 4.78 is 0. The van der Waals surface area contributed by atoms with Crippen molar-refractivity contribution >= 4 is 11.8 Å². The van der Waals surface area contributed by atoms with E-state index in [1.54, 1.807) is 11.8 Å². The van der Waals surface area contributed by atoms with Crippen LogP contribution in [0.5, 0.6) is 0 Å². The van der Waals surface area contributed by atoms with Gasteiger partial charge in [0.15, 0.2) is 0 Å². The molecule has 0 bridgehead atoms. The minimum absolute atomic E-state index is 0.155. The van der Waals surface area contributed by atoms with Crippen LogP contribution in [0.4, 0.5) is 0 Å². The average molecular weight is 261 g/mol. The minimum Gasteiger partial charge on any atom is -0.394 e. The summed E-state index contributed by atoms with van der Waals surface area (Å²) in [5, 5.41) is 18.6. The molecular weight excluding hydrogens is 234 g/mol. The van der Waals surface area contributed by atoms with Crippen LogP contribution in [0.1, 0.15) is 40.0 Å². The first-order valence-corrected chi connectivity index (χ1v) is 7.55. The predicted octanol–water partition coefficient (Wildman–Crippen LogP) is 1.61. The molecule has 3 nitrogen and oxygen atoms in total. The molecule has 4 heteroatoms. The van der Waals surface area contributed by atoms with Crippen LogP contribution < -0.4 is 5.73 Å². The third kappa shape index (κ3) is 4.78. The van der Waals surface area contributed by atoms with E-state index >= 15 is 0 Å². The number of rotatable bonds is 4. The molecule has 1 aliphatic rings. The molecule has 102 valence electrons. The van der Waals surface area contributed by atoms with Crippen LogP contribution in [0.2, 0.25) is 0 Å². The molecule has 0 spiro atoms. The van der Waals surface area contributed by atoms with Crippen LogP contribution in [0, 0.1) is 11.3 Å². The molecule has 0 aliphatic heterocycles. The third-order valence-corrected chi connectivity index (χ3v) is 5.33. The second-order valence-electron chi connectivity index (χ2n) is 6.25. The third-order valence-electron chi connectivity index (χ3n) is 3.78. The lowest BCUT2D eigenvalue weighted by molar-refractivity contribution is 0.113. The summed E-state index contributed by atoms with van der Waals surface area (Å²) in [5.41, 5.74) is 6.49. The highest BCUT2D eigenvalue weighted by molar-refractivity contribution is 8.00. The molecule has 0 amide bonds. The van der Waals surface area contributed by atoms with Gasteiger partial charge in [0.2, 0.25) is 0 Å². The van der Waals surface area contributed by atoms with Crippen LogP contribution in [-0.4, -0.2) is 40.0 Å². The van der Waals surface area contributed by atoms with Crippen molar-refractivity contribution in [2.45, 2.75) is 57.4 Å². The zero-order valence-electron chi connectivity index (χ0n) is 11.2. The fourth-order valence-electron chi connectivity index (χ4n) is 2.42. The Morgan fingerprint density at radius 2 is 2.00 bits per heavy atom. The monoisotopic (exact) mass is 261 g/mol. The van der Waals surface area contributed by atoms with Gasteiger partial charge in [-0.2, -0.15) is 11.8 Å². The second kappa shape index (κ2) is 6.41. The van der Waals surface area contributed by atoms with Gasteiger partial charge in [-0.3, -0.25) is 0 Å². The summed E-state index contributed by atoms with van der Waals surface area (Å²) in [6.45, 7) is 6.72. The van der Waals surface area contributed by atoms with Gasteiger partial charge in [-0.25, -0.2) is 0 Å². The Kier molecular flexibility index (Phi) is 5.77. The molecule has 1 rings (SSSR count). The molecule has 1 fully saturated rings. The normalized spacial score (nSPS) is 32.5. The number of aliphatic hydroxyl groups is 2. The Bertz CT molecular complexity index is 230. The Labute approximate surface area is 109 Å². The summed E-state index contributed by atoms with van der Waals surface area (Å²) >= 11 is 1.72. The number of nitrogens with two attached hydrogens (primary N) is 1. The van der Waals surface area contributed by atoms with Crippen molar-refractivity contribution in [2.75, 3.05) is 12.4 Å². The maximum absolute atomic E-state index is 9.39. The van der Waals surface area contributed by atoms with Gasteiger partial charge in [-0.15, -0.1) is 0 Å². The fourth-order valence-corrected chi connectivity index (χ4v) is 3.74. The molecule has 1 saturated carbocycles. The summed E-state index contributed by atoms with van der Waals surface area (Å²) in [5.74, 6) is 1.30. The van der Waals surface area contributed by atoms with E-state index in [0.29, 0.717) is 22.3 Å². The van der Waals surface area contributed by atoms with Gasteiger partial charge in [-0.1, -0.05) is 20.8 Å². The lowest BCUT2D eigenvalue weighted by atomic mass is 9.71. The summed E-state index contributed by atoms with van der Waals surface area (Å²) in [7, 11) is 0. The van der Waals surface area contributed by atoms with E-state index in [9.17, 15) is 5.11 Å². The molecule has 4 N–H and O–H groups in total.